The molecule has 0 bridgehead atoms. The molecule has 0 saturated carbocycles. The number of carboxylic acid groups (broad SMARTS) is 1. The maximum absolute atomic E-state index is 11.8. The van der Waals surface area contributed by atoms with Crippen LogP contribution >= 0.6 is 0 Å². The second-order valence-electron chi connectivity index (χ2n) is 4.81. The molecule has 0 saturated heterocycles. The lowest BCUT2D eigenvalue weighted by Crippen LogP contribution is -2.21. The number of aliphatic carboxylic acids is 1. The van der Waals surface area contributed by atoms with E-state index in [1.54, 1.807) is 0 Å². The fourth-order valence-corrected chi connectivity index (χ4v) is 1.77. The number of carboxylic acids is 1. The molecule has 2 unspecified atom stereocenters. The predicted molar refractivity (Wildman–Crippen MR) is 64.7 cm³/mol. The molecule has 4 nitrogen and oxygen atoms in total. The topological polar surface area (TPSA) is 72.5 Å². The van der Waals surface area contributed by atoms with Crippen molar-refractivity contribution in [3.63, 3.8) is 0 Å². The van der Waals surface area contributed by atoms with Crippen molar-refractivity contribution in [2.45, 2.75) is 38.8 Å². The van der Waals surface area contributed by atoms with Gasteiger partial charge < -0.3 is 15.6 Å². The summed E-state index contributed by atoms with van der Waals surface area (Å²) in [6.07, 6.45) is -3.85. The molecule has 0 rings (SSSR count). The monoisotopic (exact) mass is 285 g/mol. The van der Waals surface area contributed by atoms with Crippen LogP contribution in [-0.4, -0.2) is 37.0 Å². The average molecular weight is 285 g/mol. The Hall–Kier alpha value is -0.820. The number of carbonyl (C=O) groups is 1. The average Bonchev–Trinajstić information content (AvgIpc) is 2.25. The van der Waals surface area contributed by atoms with E-state index in [0.29, 0.717) is 19.4 Å². The van der Waals surface area contributed by atoms with Crippen molar-refractivity contribution < 1.29 is 27.8 Å². The van der Waals surface area contributed by atoms with E-state index in [2.05, 4.69) is 0 Å². The fraction of sp³-hybridized carbons (Fsp3) is 0.917. The van der Waals surface area contributed by atoms with Gasteiger partial charge in [0.15, 0.2) is 0 Å². The lowest BCUT2D eigenvalue weighted by molar-refractivity contribution is -0.145. The van der Waals surface area contributed by atoms with Crippen LogP contribution < -0.4 is 5.73 Å². The second kappa shape index (κ2) is 9.14. The van der Waals surface area contributed by atoms with Crippen LogP contribution in [0.2, 0.25) is 0 Å². The van der Waals surface area contributed by atoms with E-state index >= 15 is 0 Å². The molecule has 3 N–H and O–H groups in total. The van der Waals surface area contributed by atoms with Crippen LogP contribution in [-0.2, 0) is 9.53 Å². The third-order valence-electron chi connectivity index (χ3n) is 2.82. The first kappa shape index (κ1) is 18.2. The van der Waals surface area contributed by atoms with Crippen molar-refractivity contribution in [1.82, 2.24) is 0 Å². The van der Waals surface area contributed by atoms with E-state index in [1.165, 1.54) is 0 Å². The summed E-state index contributed by atoms with van der Waals surface area (Å²) in [6, 6.07) is 0. The summed E-state index contributed by atoms with van der Waals surface area (Å²) in [4.78, 5) is 10.6. The van der Waals surface area contributed by atoms with Gasteiger partial charge in [0.05, 0.1) is 13.0 Å². The Morgan fingerprint density at radius 2 is 2.00 bits per heavy atom. The summed E-state index contributed by atoms with van der Waals surface area (Å²) in [7, 11) is 0. The molecule has 0 aliphatic rings. The van der Waals surface area contributed by atoms with E-state index in [0.717, 1.165) is 0 Å². The highest BCUT2D eigenvalue weighted by Gasteiger charge is 2.26. The van der Waals surface area contributed by atoms with E-state index < -0.39 is 18.6 Å². The first-order chi connectivity index (χ1) is 8.74. The molecule has 0 aliphatic heterocycles. The van der Waals surface area contributed by atoms with Gasteiger partial charge in [0.2, 0.25) is 0 Å². The largest absolute Gasteiger partial charge is 0.481 e. The molecule has 2 atom stereocenters. The Morgan fingerprint density at radius 1 is 1.37 bits per heavy atom. The van der Waals surface area contributed by atoms with Gasteiger partial charge >= 0.3 is 12.1 Å². The number of hydrogen-bond donors (Lipinski definition) is 2. The van der Waals surface area contributed by atoms with Crippen LogP contribution in [0.5, 0.6) is 0 Å². The third kappa shape index (κ3) is 12.0. The van der Waals surface area contributed by atoms with Gasteiger partial charge in [0.1, 0.15) is 0 Å². The van der Waals surface area contributed by atoms with E-state index in [9.17, 15) is 18.0 Å². The molecule has 0 spiro atoms. The highest BCUT2D eigenvalue weighted by atomic mass is 19.4. The van der Waals surface area contributed by atoms with Crippen LogP contribution in [0.1, 0.15) is 32.6 Å². The number of ether oxygens (including phenoxy) is 1. The molecule has 114 valence electrons. The van der Waals surface area contributed by atoms with Gasteiger partial charge in [0, 0.05) is 13.0 Å². The summed E-state index contributed by atoms with van der Waals surface area (Å²) in [5.41, 5.74) is 5.47. The maximum Gasteiger partial charge on any atom is 0.391 e. The van der Waals surface area contributed by atoms with Gasteiger partial charge in [-0.1, -0.05) is 6.92 Å². The van der Waals surface area contributed by atoms with Crippen molar-refractivity contribution in [3.05, 3.63) is 0 Å². The number of rotatable bonds is 10. The lowest BCUT2D eigenvalue weighted by Gasteiger charge is -2.18. The lowest BCUT2D eigenvalue weighted by atomic mass is 9.91. The number of alkyl halides is 3. The highest BCUT2D eigenvalue weighted by Crippen LogP contribution is 2.20. The van der Waals surface area contributed by atoms with Crippen LogP contribution in [0.4, 0.5) is 13.2 Å². The molecule has 0 fully saturated rings. The Labute approximate surface area is 111 Å². The first-order valence-corrected chi connectivity index (χ1v) is 6.31. The minimum absolute atomic E-state index is 0.0236. The molecule has 0 aromatic rings. The van der Waals surface area contributed by atoms with Gasteiger partial charge in [0.25, 0.3) is 0 Å². The Bertz CT molecular complexity index is 259. The molecule has 0 aromatic carbocycles. The summed E-state index contributed by atoms with van der Waals surface area (Å²) < 4.78 is 40.4. The first-order valence-electron chi connectivity index (χ1n) is 6.31. The molecule has 0 radical (unpaired) electrons. The standard InChI is InChI=1S/C12H22F3NO3/c1-9(6-10(8-16)7-11(17)18)2-4-19-5-3-12(13,14)15/h9-10H,2-8,16H2,1H3,(H,17,18). The van der Waals surface area contributed by atoms with Crippen molar-refractivity contribution in [1.29, 1.82) is 0 Å². The van der Waals surface area contributed by atoms with E-state index in [-0.39, 0.29) is 31.5 Å². The van der Waals surface area contributed by atoms with E-state index in [1.807, 2.05) is 6.92 Å². The van der Waals surface area contributed by atoms with Crippen LogP contribution in [0.15, 0.2) is 0 Å². The highest BCUT2D eigenvalue weighted by molar-refractivity contribution is 5.67. The summed E-state index contributed by atoms with van der Waals surface area (Å²) in [5.74, 6) is -0.800. The Kier molecular flexibility index (Phi) is 8.75. The van der Waals surface area contributed by atoms with Gasteiger partial charge in [-0.25, -0.2) is 0 Å². The molecular formula is C12H22F3NO3. The van der Waals surface area contributed by atoms with Gasteiger partial charge in [-0.15, -0.1) is 0 Å². The smallest absolute Gasteiger partial charge is 0.391 e. The molecule has 19 heavy (non-hydrogen) atoms. The summed E-state index contributed by atoms with van der Waals surface area (Å²) in [5, 5.41) is 8.66. The predicted octanol–water partition coefficient (Wildman–Crippen LogP) is 2.42. The maximum atomic E-state index is 11.8. The van der Waals surface area contributed by atoms with Gasteiger partial charge in [-0.05, 0) is 31.2 Å². The Balaban J connectivity index is 3.68. The number of halogens is 3. The SMILES string of the molecule is CC(CCOCCC(F)(F)F)CC(CN)CC(=O)O. The molecule has 0 aliphatic carbocycles. The van der Waals surface area contributed by atoms with E-state index in [4.69, 9.17) is 15.6 Å². The van der Waals surface area contributed by atoms with Crippen molar-refractivity contribution in [2.24, 2.45) is 17.6 Å². The second-order valence-corrected chi connectivity index (χ2v) is 4.81. The Morgan fingerprint density at radius 3 is 2.47 bits per heavy atom. The zero-order chi connectivity index (χ0) is 14.9. The van der Waals surface area contributed by atoms with Crippen molar-refractivity contribution in [3.8, 4) is 0 Å². The van der Waals surface area contributed by atoms with Crippen LogP contribution in [0.25, 0.3) is 0 Å². The minimum atomic E-state index is -4.18. The fourth-order valence-electron chi connectivity index (χ4n) is 1.77. The number of hydrogen-bond acceptors (Lipinski definition) is 3. The summed E-state index contributed by atoms with van der Waals surface area (Å²) >= 11 is 0. The van der Waals surface area contributed by atoms with Crippen molar-refractivity contribution in [2.75, 3.05) is 19.8 Å². The van der Waals surface area contributed by atoms with Crippen LogP contribution in [0, 0.1) is 11.8 Å². The molecule has 0 aromatic heterocycles. The number of nitrogens with two attached hydrogens (primary N) is 1. The normalized spacial score (nSPS) is 15.2. The zero-order valence-electron chi connectivity index (χ0n) is 11.1. The van der Waals surface area contributed by atoms with Crippen molar-refractivity contribution >= 4 is 5.97 Å². The molecule has 0 heterocycles. The molecular weight excluding hydrogens is 263 g/mol. The quantitative estimate of drug-likeness (QED) is 0.605. The van der Waals surface area contributed by atoms with Gasteiger partial charge in [-0.2, -0.15) is 13.2 Å². The zero-order valence-corrected chi connectivity index (χ0v) is 11.1. The minimum Gasteiger partial charge on any atom is -0.481 e. The van der Waals surface area contributed by atoms with Gasteiger partial charge in [-0.3, -0.25) is 4.79 Å². The molecule has 0 amide bonds. The summed E-state index contributed by atoms with van der Waals surface area (Å²) in [6.45, 7) is 2.14. The third-order valence-corrected chi connectivity index (χ3v) is 2.82. The molecule has 7 heteroatoms. The van der Waals surface area contributed by atoms with Crippen LogP contribution in [0.3, 0.4) is 0 Å².